The number of carbonyl (C=O) groups is 1. The Hall–Kier alpha value is -2.64. The standard InChI is InChI=1S/C17H17ClN4O3/c1-9(23)17(24)21-6-11-3-10-4-13(18)12(5-14(10)22-11)15-7-20-16(25-2)8-19-15/h3-5,7-9,22-23H,6H2,1-2H3,(H,21,24)/t9-/m1/s1. The van der Waals surface area contributed by atoms with Gasteiger partial charge in [-0.1, -0.05) is 11.6 Å². The predicted octanol–water partition coefficient (Wildman–Crippen LogP) is 2.28. The van der Waals surface area contributed by atoms with Crippen molar-refractivity contribution >= 4 is 28.4 Å². The van der Waals surface area contributed by atoms with E-state index in [-0.39, 0.29) is 6.54 Å². The zero-order chi connectivity index (χ0) is 18.0. The minimum absolute atomic E-state index is 0.285. The number of methoxy groups -OCH3 is 1. The Bertz CT molecular complexity index is 906. The van der Waals surface area contributed by atoms with Crippen molar-refractivity contribution in [2.45, 2.75) is 19.6 Å². The molecule has 1 aromatic carbocycles. The van der Waals surface area contributed by atoms with Crippen molar-refractivity contribution in [1.82, 2.24) is 20.3 Å². The third-order valence-corrected chi connectivity index (χ3v) is 4.02. The Morgan fingerprint density at radius 1 is 1.36 bits per heavy atom. The molecule has 1 amide bonds. The lowest BCUT2D eigenvalue weighted by molar-refractivity contribution is -0.128. The van der Waals surface area contributed by atoms with Gasteiger partial charge >= 0.3 is 0 Å². The van der Waals surface area contributed by atoms with E-state index in [4.69, 9.17) is 16.3 Å². The van der Waals surface area contributed by atoms with Gasteiger partial charge in [0.2, 0.25) is 11.8 Å². The average molecular weight is 361 g/mol. The van der Waals surface area contributed by atoms with Crippen molar-refractivity contribution < 1.29 is 14.6 Å². The number of hydrogen-bond acceptors (Lipinski definition) is 5. The lowest BCUT2D eigenvalue weighted by atomic mass is 10.1. The summed E-state index contributed by atoms with van der Waals surface area (Å²) in [6, 6.07) is 5.61. The van der Waals surface area contributed by atoms with E-state index in [1.807, 2.05) is 18.2 Å². The van der Waals surface area contributed by atoms with Gasteiger partial charge in [0.25, 0.3) is 0 Å². The van der Waals surface area contributed by atoms with Gasteiger partial charge in [-0.05, 0) is 25.1 Å². The summed E-state index contributed by atoms with van der Waals surface area (Å²) >= 11 is 6.37. The van der Waals surface area contributed by atoms with Crippen LogP contribution in [0.15, 0.2) is 30.6 Å². The maximum absolute atomic E-state index is 11.5. The number of aliphatic hydroxyl groups is 1. The molecule has 7 nitrogen and oxygen atoms in total. The quantitative estimate of drug-likeness (QED) is 0.648. The topological polar surface area (TPSA) is 100 Å². The molecule has 2 heterocycles. The fraction of sp³-hybridized carbons (Fsp3) is 0.235. The summed E-state index contributed by atoms with van der Waals surface area (Å²) in [7, 11) is 1.53. The summed E-state index contributed by atoms with van der Waals surface area (Å²) in [6.45, 7) is 1.70. The van der Waals surface area contributed by atoms with Gasteiger partial charge in [0, 0.05) is 22.2 Å². The van der Waals surface area contributed by atoms with Gasteiger partial charge in [-0.2, -0.15) is 0 Å². The highest BCUT2D eigenvalue weighted by atomic mass is 35.5. The van der Waals surface area contributed by atoms with E-state index in [0.717, 1.165) is 22.2 Å². The maximum atomic E-state index is 11.5. The van der Waals surface area contributed by atoms with Crippen molar-refractivity contribution in [2.75, 3.05) is 7.11 Å². The third-order valence-electron chi connectivity index (χ3n) is 3.71. The van der Waals surface area contributed by atoms with Crippen LogP contribution in [0, 0.1) is 0 Å². The van der Waals surface area contributed by atoms with Crippen molar-refractivity contribution in [3.05, 3.63) is 41.3 Å². The van der Waals surface area contributed by atoms with Gasteiger partial charge in [0.05, 0.1) is 36.8 Å². The first-order valence-electron chi connectivity index (χ1n) is 7.61. The van der Waals surface area contributed by atoms with Crippen LogP contribution < -0.4 is 10.1 Å². The molecule has 8 heteroatoms. The molecular formula is C17H17ClN4O3. The first-order valence-corrected chi connectivity index (χ1v) is 7.99. The highest BCUT2D eigenvalue weighted by molar-refractivity contribution is 6.34. The van der Waals surface area contributed by atoms with Crippen molar-refractivity contribution in [3.8, 4) is 17.1 Å². The second-order valence-electron chi connectivity index (χ2n) is 5.55. The Morgan fingerprint density at radius 2 is 2.16 bits per heavy atom. The first-order chi connectivity index (χ1) is 12.0. The van der Waals surface area contributed by atoms with Crippen LogP contribution in [0.4, 0.5) is 0 Å². The number of aliphatic hydroxyl groups excluding tert-OH is 1. The van der Waals surface area contributed by atoms with E-state index in [9.17, 15) is 9.90 Å². The number of hydrogen-bond donors (Lipinski definition) is 3. The van der Waals surface area contributed by atoms with Crippen LogP contribution in [0.25, 0.3) is 22.2 Å². The molecular weight excluding hydrogens is 344 g/mol. The van der Waals surface area contributed by atoms with Crippen LogP contribution >= 0.6 is 11.6 Å². The molecule has 0 aliphatic heterocycles. The number of rotatable bonds is 5. The van der Waals surface area contributed by atoms with Gasteiger partial charge in [-0.25, -0.2) is 9.97 Å². The molecule has 25 heavy (non-hydrogen) atoms. The number of fused-ring (bicyclic) bond motifs is 1. The van der Waals surface area contributed by atoms with Crippen LogP contribution in [-0.2, 0) is 11.3 Å². The van der Waals surface area contributed by atoms with Crippen LogP contribution in [0.2, 0.25) is 5.02 Å². The van der Waals surface area contributed by atoms with Crippen molar-refractivity contribution in [3.63, 3.8) is 0 Å². The second kappa shape index (κ2) is 7.08. The molecule has 0 aliphatic carbocycles. The fourth-order valence-corrected chi connectivity index (χ4v) is 2.66. The fourth-order valence-electron chi connectivity index (χ4n) is 2.40. The van der Waals surface area contributed by atoms with E-state index in [2.05, 4.69) is 20.3 Å². The lowest BCUT2D eigenvalue weighted by Crippen LogP contribution is -2.32. The smallest absolute Gasteiger partial charge is 0.248 e. The molecule has 0 saturated heterocycles. The number of nitrogens with one attached hydrogen (secondary N) is 2. The number of halogens is 1. The van der Waals surface area contributed by atoms with Crippen molar-refractivity contribution in [1.29, 1.82) is 0 Å². The summed E-state index contributed by atoms with van der Waals surface area (Å²) < 4.78 is 5.01. The average Bonchev–Trinajstić information content (AvgIpc) is 3.00. The van der Waals surface area contributed by atoms with Gasteiger partial charge < -0.3 is 20.1 Å². The van der Waals surface area contributed by atoms with E-state index in [1.165, 1.54) is 20.2 Å². The number of ether oxygens (including phenoxy) is 1. The normalized spacial score (nSPS) is 12.2. The van der Waals surface area contributed by atoms with E-state index >= 15 is 0 Å². The first kappa shape index (κ1) is 17.2. The zero-order valence-electron chi connectivity index (χ0n) is 13.7. The Morgan fingerprint density at radius 3 is 2.80 bits per heavy atom. The molecule has 2 aromatic heterocycles. The number of nitrogens with zero attached hydrogens (tertiary/aromatic N) is 2. The summed E-state index contributed by atoms with van der Waals surface area (Å²) in [6.07, 6.45) is 2.08. The Balaban J connectivity index is 1.89. The van der Waals surface area contributed by atoms with Gasteiger partial charge in [0.1, 0.15) is 6.10 Å². The number of amides is 1. The number of aromatic amines is 1. The number of aromatic nitrogens is 3. The molecule has 0 fully saturated rings. The Labute approximate surface area is 149 Å². The van der Waals surface area contributed by atoms with E-state index < -0.39 is 12.0 Å². The summed E-state index contributed by atoms with van der Waals surface area (Å²) in [4.78, 5) is 23.1. The molecule has 0 spiro atoms. The molecule has 130 valence electrons. The molecule has 3 aromatic rings. The number of carbonyl (C=O) groups excluding carboxylic acids is 1. The highest BCUT2D eigenvalue weighted by Gasteiger charge is 2.12. The molecule has 0 aliphatic rings. The van der Waals surface area contributed by atoms with Crippen LogP contribution in [-0.4, -0.2) is 39.2 Å². The number of H-pyrrole nitrogens is 1. The molecule has 0 radical (unpaired) electrons. The monoisotopic (exact) mass is 360 g/mol. The summed E-state index contributed by atoms with van der Waals surface area (Å²) in [5.74, 6) is 0.00264. The minimum atomic E-state index is -1.04. The largest absolute Gasteiger partial charge is 0.480 e. The molecule has 0 saturated carbocycles. The maximum Gasteiger partial charge on any atom is 0.248 e. The van der Waals surface area contributed by atoms with Gasteiger partial charge in [-0.15, -0.1) is 0 Å². The van der Waals surface area contributed by atoms with Crippen LogP contribution in [0.1, 0.15) is 12.6 Å². The van der Waals surface area contributed by atoms with Gasteiger partial charge in [0.15, 0.2) is 0 Å². The summed E-state index contributed by atoms with van der Waals surface area (Å²) in [5.41, 5.74) is 3.04. The molecule has 3 N–H and O–H groups in total. The van der Waals surface area contributed by atoms with E-state index in [0.29, 0.717) is 16.6 Å². The Kier molecular flexibility index (Phi) is 4.87. The van der Waals surface area contributed by atoms with Crippen LogP contribution in [0.5, 0.6) is 5.88 Å². The third kappa shape index (κ3) is 3.72. The SMILES string of the molecule is COc1cnc(-c2cc3[nH]c(CNC(=O)[C@@H](C)O)cc3cc2Cl)cn1. The lowest BCUT2D eigenvalue weighted by Gasteiger charge is -2.05. The molecule has 3 rings (SSSR count). The summed E-state index contributed by atoms with van der Waals surface area (Å²) in [5, 5.41) is 13.3. The predicted molar refractivity (Wildman–Crippen MR) is 94.4 cm³/mol. The van der Waals surface area contributed by atoms with E-state index in [1.54, 1.807) is 6.20 Å². The van der Waals surface area contributed by atoms with Crippen LogP contribution in [0.3, 0.4) is 0 Å². The highest BCUT2D eigenvalue weighted by Crippen LogP contribution is 2.31. The zero-order valence-corrected chi connectivity index (χ0v) is 14.5. The molecule has 0 unspecified atom stereocenters. The number of benzene rings is 1. The van der Waals surface area contributed by atoms with Crippen molar-refractivity contribution in [2.24, 2.45) is 0 Å². The van der Waals surface area contributed by atoms with Gasteiger partial charge in [-0.3, -0.25) is 4.79 Å². The minimum Gasteiger partial charge on any atom is -0.480 e. The molecule has 0 bridgehead atoms. The second-order valence-corrected chi connectivity index (χ2v) is 5.96. The molecule has 1 atom stereocenters.